The van der Waals surface area contributed by atoms with Gasteiger partial charge in [-0.25, -0.2) is 0 Å². The fraction of sp³-hybridized carbons (Fsp3) is 0.714. The normalized spacial score (nSPS) is 28.7. The van der Waals surface area contributed by atoms with Gasteiger partial charge in [0.25, 0.3) is 0 Å². The van der Waals surface area contributed by atoms with Crippen LogP contribution in [0.5, 0.6) is 0 Å². The summed E-state index contributed by atoms with van der Waals surface area (Å²) in [5, 5.41) is 10.5. The Morgan fingerprint density at radius 1 is 1.39 bits per heavy atom. The van der Waals surface area contributed by atoms with Crippen LogP contribution in [0, 0.1) is 5.92 Å². The van der Waals surface area contributed by atoms with Crippen molar-refractivity contribution in [3.63, 3.8) is 0 Å². The van der Waals surface area contributed by atoms with Gasteiger partial charge in [-0.2, -0.15) is 0 Å². The molecule has 0 aromatic carbocycles. The minimum absolute atomic E-state index is 0.0744. The second kappa shape index (κ2) is 5.12. The lowest BCUT2D eigenvalue weighted by molar-refractivity contribution is -0.112. The maximum absolute atomic E-state index is 10.5. The monoisotopic (exact) mass is 286 g/mol. The van der Waals surface area contributed by atoms with Crippen molar-refractivity contribution in [2.45, 2.75) is 50.2 Å². The molecule has 100 valence electrons. The average Bonchev–Trinajstić information content (AvgIpc) is 2.98. The number of aliphatic hydroxyl groups excluding tert-OH is 1. The van der Waals surface area contributed by atoms with Crippen LogP contribution in [0.4, 0.5) is 0 Å². The SMILES string of the molecule is OC(c1ccc(Cl)s1)C1CCOC2(CCCC2)C1. The molecule has 1 saturated carbocycles. The molecule has 0 radical (unpaired) electrons. The molecule has 1 aromatic rings. The molecule has 0 amide bonds. The molecule has 1 saturated heterocycles. The molecule has 3 rings (SSSR count). The fourth-order valence-electron chi connectivity index (χ4n) is 3.42. The molecule has 1 N–H and O–H groups in total. The van der Waals surface area contributed by atoms with Crippen molar-refractivity contribution in [3.8, 4) is 0 Å². The van der Waals surface area contributed by atoms with E-state index in [1.54, 1.807) is 0 Å². The lowest BCUT2D eigenvalue weighted by atomic mass is 9.81. The van der Waals surface area contributed by atoms with Gasteiger partial charge < -0.3 is 9.84 Å². The van der Waals surface area contributed by atoms with Gasteiger partial charge in [0.15, 0.2) is 0 Å². The molecule has 18 heavy (non-hydrogen) atoms. The molecular formula is C14H19ClO2S. The molecule has 1 spiro atoms. The fourth-order valence-corrected chi connectivity index (χ4v) is 4.56. The molecule has 1 aliphatic heterocycles. The third kappa shape index (κ3) is 2.46. The lowest BCUT2D eigenvalue weighted by Gasteiger charge is -2.39. The summed E-state index contributed by atoms with van der Waals surface area (Å²) in [7, 11) is 0. The van der Waals surface area contributed by atoms with E-state index in [0.29, 0.717) is 5.92 Å². The summed E-state index contributed by atoms with van der Waals surface area (Å²) in [6, 6.07) is 3.82. The Labute approximate surface area is 117 Å². The second-order valence-electron chi connectivity index (χ2n) is 5.58. The molecule has 2 unspecified atom stereocenters. The van der Waals surface area contributed by atoms with Gasteiger partial charge in [-0.05, 0) is 43.7 Å². The van der Waals surface area contributed by atoms with E-state index in [4.69, 9.17) is 16.3 Å². The topological polar surface area (TPSA) is 29.5 Å². The van der Waals surface area contributed by atoms with Gasteiger partial charge in [-0.1, -0.05) is 24.4 Å². The first kappa shape index (κ1) is 12.9. The van der Waals surface area contributed by atoms with E-state index in [0.717, 1.165) is 28.7 Å². The Balaban J connectivity index is 1.72. The minimum atomic E-state index is -0.371. The molecule has 1 aromatic heterocycles. The van der Waals surface area contributed by atoms with Crippen LogP contribution in [0.2, 0.25) is 4.34 Å². The predicted octanol–water partition coefficient (Wildman–Crippen LogP) is 4.17. The van der Waals surface area contributed by atoms with E-state index in [1.807, 2.05) is 12.1 Å². The van der Waals surface area contributed by atoms with E-state index >= 15 is 0 Å². The number of hydrogen-bond donors (Lipinski definition) is 1. The zero-order valence-corrected chi connectivity index (χ0v) is 12.0. The highest BCUT2D eigenvalue weighted by Crippen LogP contribution is 2.46. The minimum Gasteiger partial charge on any atom is -0.387 e. The molecule has 2 nitrogen and oxygen atoms in total. The third-order valence-electron chi connectivity index (χ3n) is 4.38. The number of hydrogen-bond acceptors (Lipinski definition) is 3. The van der Waals surface area contributed by atoms with E-state index in [1.165, 1.54) is 37.0 Å². The van der Waals surface area contributed by atoms with Crippen LogP contribution < -0.4 is 0 Å². The van der Waals surface area contributed by atoms with Crippen LogP contribution in [0.25, 0.3) is 0 Å². The number of halogens is 1. The van der Waals surface area contributed by atoms with Crippen LogP contribution in [0.15, 0.2) is 12.1 Å². The van der Waals surface area contributed by atoms with Gasteiger partial charge in [0.2, 0.25) is 0 Å². The van der Waals surface area contributed by atoms with Crippen molar-refractivity contribution in [2.75, 3.05) is 6.61 Å². The molecule has 1 aliphatic carbocycles. The second-order valence-corrected chi connectivity index (χ2v) is 7.32. The van der Waals surface area contributed by atoms with Crippen LogP contribution >= 0.6 is 22.9 Å². The van der Waals surface area contributed by atoms with Crippen LogP contribution in [0.3, 0.4) is 0 Å². The van der Waals surface area contributed by atoms with E-state index in [2.05, 4.69) is 0 Å². The smallest absolute Gasteiger partial charge is 0.0932 e. The van der Waals surface area contributed by atoms with E-state index in [-0.39, 0.29) is 11.7 Å². The van der Waals surface area contributed by atoms with Crippen molar-refractivity contribution in [1.82, 2.24) is 0 Å². The standard InChI is InChI=1S/C14H19ClO2S/c15-12-4-3-11(18-12)13(16)10-5-8-17-14(9-10)6-1-2-7-14/h3-4,10,13,16H,1-2,5-9H2. The van der Waals surface area contributed by atoms with Crippen molar-refractivity contribution < 1.29 is 9.84 Å². The number of rotatable bonds is 2. The van der Waals surface area contributed by atoms with Gasteiger partial charge in [0.1, 0.15) is 0 Å². The summed E-state index contributed by atoms with van der Waals surface area (Å²) >= 11 is 7.44. The largest absolute Gasteiger partial charge is 0.387 e. The molecule has 2 fully saturated rings. The molecule has 2 atom stereocenters. The Hall–Kier alpha value is -0.0900. The van der Waals surface area contributed by atoms with Gasteiger partial charge in [-0.3, -0.25) is 0 Å². The number of ether oxygens (including phenoxy) is 1. The maximum atomic E-state index is 10.5. The van der Waals surface area contributed by atoms with Gasteiger partial charge in [-0.15, -0.1) is 11.3 Å². The first-order chi connectivity index (χ1) is 8.69. The first-order valence-electron chi connectivity index (χ1n) is 6.76. The molecule has 2 heterocycles. The Kier molecular flexibility index (Phi) is 3.68. The predicted molar refractivity (Wildman–Crippen MR) is 74.2 cm³/mol. The van der Waals surface area contributed by atoms with Crippen molar-refractivity contribution in [3.05, 3.63) is 21.3 Å². The first-order valence-corrected chi connectivity index (χ1v) is 7.95. The highest BCUT2D eigenvalue weighted by molar-refractivity contribution is 7.16. The quantitative estimate of drug-likeness (QED) is 0.884. The van der Waals surface area contributed by atoms with E-state index < -0.39 is 0 Å². The third-order valence-corrected chi connectivity index (χ3v) is 5.68. The summed E-state index contributed by atoms with van der Waals surface area (Å²) in [6.07, 6.45) is 6.47. The summed E-state index contributed by atoms with van der Waals surface area (Å²) < 4.78 is 6.77. The molecule has 2 aliphatic rings. The molecule has 0 bridgehead atoms. The number of aliphatic hydroxyl groups is 1. The van der Waals surface area contributed by atoms with Crippen molar-refractivity contribution in [1.29, 1.82) is 0 Å². The highest BCUT2D eigenvalue weighted by Gasteiger charge is 2.42. The van der Waals surface area contributed by atoms with Gasteiger partial charge >= 0.3 is 0 Å². The Bertz CT molecular complexity index is 412. The summed E-state index contributed by atoms with van der Waals surface area (Å²) in [6.45, 7) is 0.792. The highest BCUT2D eigenvalue weighted by atomic mass is 35.5. The van der Waals surface area contributed by atoms with Gasteiger partial charge in [0, 0.05) is 11.5 Å². The Morgan fingerprint density at radius 3 is 2.83 bits per heavy atom. The van der Waals surface area contributed by atoms with Crippen LogP contribution in [-0.2, 0) is 4.74 Å². The number of thiophene rings is 1. The van der Waals surface area contributed by atoms with Gasteiger partial charge in [0.05, 0.1) is 16.0 Å². The molecular weight excluding hydrogens is 268 g/mol. The van der Waals surface area contributed by atoms with Crippen molar-refractivity contribution >= 4 is 22.9 Å². The summed E-state index contributed by atoms with van der Waals surface area (Å²) in [4.78, 5) is 1.00. The van der Waals surface area contributed by atoms with Crippen LogP contribution in [-0.4, -0.2) is 17.3 Å². The summed E-state index contributed by atoms with van der Waals surface area (Å²) in [5.41, 5.74) is 0.0744. The Morgan fingerprint density at radius 2 is 2.17 bits per heavy atom. The molecule has 4 heteroatoms. The lowest BCUT2D eigenvalue weighted by Crippen LogP contribution is -2.39. The maximum Gasteiger partial charge on any atom is 0.0932 e. The zero-order valence-electron chi connectivity index (χ0n) is 10.4. The van der Waals surface area contributed by atoms with Crippen molar-refractivity contribution in [2.24, 2.45) is 5.92 Å². The van der Waals surface area contributed by atoms with E-state index in [9.17, 15) is 5.11 Å². The zero-order chi connectivity index (χ0) is 12.6. The average molecular weight is 287 g/mol. The van der Waals surface area contributed by atoms with Crippen LogP contribution in [0.1, 0.15) is 49.5 Å². The summed E-state index contributed by atoms with van der Waals surface area (Å²) in [5.74, 6) is 0.326.